The minimum atomic E-state index is -0.305. The second kappa shape index (κ2) is 20.4. The van der Waals surface area contributed by atoms with Crippen molar-refractivity contribution in [2.45, 2.75) is 97.8 Å². The van der Waals surface area contributed by atoms with E-state index in [4.69, 9.17) is 4.74 Å². The van der Waals surface area contributed by atoms with Crippen LogP contribution in [0.3, 0.4) is 0 Å². The lowest BCUT2D eigenvalue weighted by molar-refractivity contribution is -0.925. The zero-order valence-corrected chi connectivity index (χ0v) is 20.0. The summed E-state index contributed by atoms with van der Waals surface area (Å²) in [6, 6.07) is 0. The van der Waals surface area contributed by atoms with E-state index in [0.29, 0.717) is 6.61 Å². The van der Waals surface area contributed by atoms with Crippen LogP contribution < -0.4 is 17.0 Å². The number of carbonyl (C=O) groups excluding carboxylic acids is 1. The smallest absolute Gasteiger partial charge is 0.330 e. The Kier molecular flexibility index (Phi) is 21.8. The van der Waals surface area contributed by atoms with E-state index in [-0.39, 0.29) is 23.0 Å². The van der Waals surface area contributed by atoms with Gasteiger partial charge in [0.1, 0.15) is 13.2 Å². The normalized spacial score (nSPS) is 11.1. The summed E-state index contributed by atoms with van der Waals surface area (Å²) in [6.45, 7) is 15.1. The van der Waals surface area contributed by atoms with Gasteiger partial charge >= 0.3 is 5.97 Å². The topological polar surface area (TPSA) is 26.3 Å². The van der Waals surface area contributed by atoms with Gasteiger partial charge in [0.15, 0.2) is 0 Å². The molecule has 0 N–H and O–H groups in total. The van der Waals surface area contributed by atoms with E-state index in [2.05, 4.69) is 27.4 Å². The highest BCUT2D eigenvalue weighted by Crippen LogP contribution is 2.14. The fraction of sp³-hybridized carbons (Fsp3) is 0.870. The van der Waals surface area contributed by atoms with Crippen molar-refractivity contribution in [3.63, 3.8) is 0 Å². The van der Waals surface area contributed by atoms with Crippen molar-refractivity contribution >= 4 is 5.97 Å². The molecule has 0 aromatic carbocycles. The Morgan fingerprint density at radius 2 is 1.22 bits per heavy atom. The SMILES string of the molecule is C=CC(=O)OCC[N+](CC)(CC)CCCCCCCCCCCCCC.[Br-]. The largest absolute Gasteiger partial charge is 1.00 e. The lowest BCUT2D eigenvalue weighted by Gasteiger charge is -2.36. The fourth-order valence-corrected chi connectivity index (χ4v) is 3.65. The molecule has 0 bridgehead atoms. The van der Waals surface area contributed by atoms with Crippen molar-refractivity contribution in [3.05, 3.63) is 12.7 Å². The van der Waals surface area contributed by atoms with Gasteiger partial charge in [-0.2, -0.15) is 0 Å². The zero-order valence-electron chi connectivity index (χ0n) is 18.4. The molecule has 27 heavy (non-hydrogen) atoms. The number of hydrogen-bond donors (Lipinski definition) is 0. The first-order valence-electron chi connectivity index (χ1n) is 11.3. The Labute approximate surface area is 180 Å². The quantitative estimate of drug-likeness (QED) is 0.131. The number of likely N-dealkylation sites (N-methyl/N-ethyl adjacent to an activating group) is 1. The number of rotatable bonds is 19. The van der Waals surface area contributed by atoms with Gasteiger partial charge in [-0.05, 0) is 26.7 Å². The number of nitrogens with zero attached hydrogens (tertiary/aromatic N) is 1. The molecule has 0 fully saturated rings. The summed E-state index contributed by atoms with van der Waals surface area (Å²) < 4.78 is 6.25. The van der Waals surface area contributed by atoms with Crippen LogP contribution in [0.4, 0.5) is 0 Å². The van der Waals surface area contributed by atoms with Crippen LogP contribution in [0.5, 0.6) is 0 Å². The lowest BCUT2D eigenvalue weighted by atomic mass is 10.0. The second-order valence-electron chi connectivity index (χ2n) is 7.68. The zero-order chi connectivity index (χ0) is 19.5. The Bertz CT molecular complexity index is 343. The van der Waals surface area contributed by atoms with Crippen LogP contribution in [0.1, 0.15) is 97.8 Å². The molecule has 3 nitrogen and oxygen atoms in total. The van der Waals surface area contributed by atoms with Crippen LogP contribution in [0.15, 0.2) is 12.7 Å². The van der Waals surface area contributed by atoms with Crippen LogP contribution in [0, 0.1) is 0 Å². The molecule has 4 heteroatoms. The number of quaternary nitrogens is 1. The average Bonchev–Trinajstić information content (AvgIpc) is 2.67. The number of esters is 1. The molecule has 0 aliphatic carbocycles. The highest BCUT2D eigenvalue weighted by molar-refractivity contribution is 5.81. The van der Waals surface area contributed by atoms with Gasteiger partial charge in [-0.3, -0.25) is 0 Å². The Morgan fingerprint density at radius 3 is 1.63 bits per heavy atom. The molecule has 0 aromatic rings. The maximum Gasteiger partial charge on any atom is 0.330 e. The van der Waals surface area contributed by atoms with E-state index < -0.39 is 0 Å². The number of ether oxygens (including phenoxy) is 1. The third-order valence-electron chi connectivity index (χ3n) is 5.80. The first-order valence-corrected chi connectivity index (χ1v) is 11.3. The van der Waals surface area contributed by atoms with Gasteiger partial charge in [-0.25, -0.2) is 4.79 Å². The van der Waals surface area contributed by atoms with Gasteiger partial charge < -0.3 is 26.2 Å². The summed E-state index contributed by atoms with van der Waals surface area (Å²) in [7, 11) is 0. The summed E-state index contributed by atoms with van der Waals surface area (Å²) in [5, 5.41) is 0. The predicted molar refractivity (Wildman–Crippen MR) is 113 cm³/mol. The molecule has 0 rings (SSSR count). The molecular formula is C23H46BrNO2. The highest BCUT2D eigenvalue weighted by atomic mass is 79.9. The third-order valence-corrected chi connectivity index (χ3v) is 5.80. The number of hydrogen-bond acceptors (Lipinski definition) is 2. The Morgan fingerprint density at radius 1 is 0.778 bits per heavy atom. The number of carbonyl (C=O) groups is 1. The molecule has 0 atom stereocenters. The van der Waals surface area contributed by atoms with Crippen LogP contribution in [0.25, 0.3) is 0 Å². The molecule has 0 heterocycles. The predicted octanol–water partition coefficient (Wildman–Crippen LogP) is 3.28. The van der Waals surface area contributed by atoms with Crippen LogP contribution in [-0.4, -0.2) is 43.2 Å². The third kappa shape index (κ3) is 16.3. The monoisotopic (exact) mass is 447 g/mol. The van der Waals surface area contributed by atoms with Gasteiger partial charge in [0, 0.05) is 6.08 Å². The summed E-state index contributed by atoms with van der Waals surface area (Å²) in [6.07, 6.45) is 17.9. The Hall–Kier alpha value is -0.350. The standard InChI is InChI=1S/C23H46NO2.BrH/c1-5-9-10-11-12-13-14-15-16-17-18-19-20-24(7-3,8-4)21-22-26-23(25)6-2;/h6H,2,5,7-22H2,1,3-4H3;1H/q+1;/p-1. The van der Waals surface area contributed by atoms with Crippen molar-refractivity contribution in [2.24, 2.45) is 0 Å². The van der Waals surface area contributed by atoms with Crippen molar-refractivity contribution in [2.75, 3.05) is 32.8 Å². The molecule has 0 amide bonds. The summed E-state index contributed by atoms with van der Waals surface area (Å²) >= 11 is 0. The van der Waals surface area contributed by atoms with Gasteiger partial charge in [-0.1, -0.05) is 77.7 Å². The molecule has 0 unspecified atom stereocenters. The molecule has 0 aromatic heterocycles. The minimum Gasteiger partial charge on any atom is -1.00 e. The molecule has 0 radical (unpaired) electrons. The van der Waals surface area contributed by atoms with E-state index >= 15 is 0 Å². The van der Waals surface area contributed by atoms with Gasteiger partial charge in [0.05, 0.1) is 19.6 Å². The molecule has 0 saturated carbocycles. The molecule has 0 aliphatic heterocycles. The Balaban J connectivity index is 0. The lowest BCUT2D eigenvalue weighted by Crippen LogP contribution is -3.00. The summed E-state index contributed by atoms with van der Waals surface area (Å²) in [5.41, 5.74) is 0. The summed E-state index contributed by atoms with van der Waals surface area (Å²) in [5.74, 6) is -0.305. The highest BCUT2D eigenvalue weighted by Gasteiger charge is 2.22. The van der Waals surface area contributed by atoms with Crippen molar-refractivity contribution in [1.82, 2.24) is 0 Å². The van der Waals surface area contributed by atoms with E-state index in [1.54, 1.807) is 0 Å². The fourth-order valence-electron chi connectivity index (χ4n) is 3.65. The van der Waals surface area contributed by atoms with Crippen molar-refractivity contribution < 1.29 is 31.0 Å². The van der Waals surface area contributed by atoms with Crippen molar-refractivity contribution in [3.8, 4) is 0 Å². The molecule has 0 aliphatic rings. The minimum absolute atomic E-state index is 0. The van der Waals surface area contributed by atoms with E-state index in [0.717, 1.165) is 24.1 Å². The van der Waals surface area contributed by atoms with E-state index in [1.165, 1.54) is 89.7 Å². The second-order valence-corrected chi connectivity index (χ2v) is 7.68. The van der Waals surface area contributed by atoms with Gasteiger partial charge in [0.25, 0.3) is 0 Å². The van der Waals surface area contributed by atoms with Crippen LogP contribution in [0.2, 0.25) is 0 Å². The van der Waals surface area contributed by atoms with Gasteiger partial charge in [0.2, 0.25) is 0 Å². The maximum atomic E-state index is 11.2. The van der Waals surface area contributed by atoms with E-state index in [9.17, 15) is 4.79 Å². The molecule has 162 valence electrons. The molecule has 0 saturated heterocycles. The molecular weight excluding hydrogens is 402 g/mol. The van der Waals surface area contributed by atoms with Crippen LogP contribution in [-0.2, 0) is 9.53 Å². The summed E-state index contributed by atoms with van der Waals surface area (Å²) in [4.78, 5) is 11.2. The van der Waals surface area contributed by atoms with E-state index in [1.807, 2.05) is 0 Å². The van der Waals surface area contributed by atoms with Crippen LogP contribution >= 0.6 is 0 Å². The van der Waals surface area contributed by atoms with Gasteiger partial charge in [-0.15, -0.1) is 0 Å². The first kappa shape index (κ1) is 28.9. The molecule has 0 spiro atoms. The first-order chi connectivity index (χ1) is 12.6. The number of unbranched alkanes of at least 4 members (excludes halogenated alkanes) is 11. The number of halogens is 1. The maximum absolute atomic E-state index is 11.2. The van der Waals surface area contributed by atoms with Crippen molar-refractivity contribution in [1.29, 1.82) is 0 Å². The average molecular weight is 449 g/mol.